The Labute approximate surface area is 91.2 Å². The summed E-state index contributed by atoms with van der Waals surface area (Å²) < 4.78 is 0. The van der Waals surface area contributed by atoms with E-state index in [0.717, 1.165) is 19.6 Å². The number of carbonyl (C=O) groups is 1. The van der Waals surface area contributed by atoms with E-state index in [0.29, 0.717) is 23.7 Å². The molecule has 0 bridgehead atoms. The summed E-state index contributed by atoms with van der Waals surface area (Å²) >= 11 is 0. The van der Waals surface area contributed by atoms with Gasteiger partial charge in [0.1, 0.15) is 0 Å². The van der Waals surface area contributed by atoms with Crippen LogP contribution in [0.3, 0.4) is 0 Å². The highest BCUT2D eigenvalue weighted by molar-refractivity contribution is 5.83. The Morgan fingerprint density at radius 2 is 2.00 bits per heavy atom. The van der Waals surface area contributed by atoms with E-state index in [9.17, 15) is 4.79 Å². The molecule has 84 valence electrons. The molecule has 3 heteroatoms. The molecule has 3 aliphatic rings. The van der Waals surface area contributed by atoms with Gasteiger partial charge in [-0.2, -0.15) is 0 Å². The van der Waals surface area contributed by atoms with Crippen LogP contribution in [0.25, 0.3) is 0 Å². The normalized spacial score (nSPS) is 41.7. The quantitative estimate of drug-likeness (QED) is 0.693. The first-order valence-electron chi connectivity index (χ1n) is 6.13. The largest absolute Gasteiger partial charge is 0.337 e. The molecular weight excluding hydrogens is 188 g/mol. The van der Waals surface area contributed by atoms with Crippen molar-refractivity contribution in [2.24, 2.45) is 17.8 Å². The molecule has 3 nitrogen and oxygen atoms in total. The van der Waals surface area contributed by atoms with Crippen molar-refractivity contribution in [1.29, 1.82) is 0 Å². The van der Waals surface area contributed by atoms with E-state index in [1.807, 2.05) is 0 Å². The van der Waals surface area contributed by atoms with E-state index >= 15 is 0 Å². The van der Waals surface area contributed by atoms with Crippen LogP contribution >= 0.6 is 0 Å². The highest BCUT2D eigenvalue weighted by Gasteiger charge is 2.59. The SMILES string of the molecule is CC1(C)CCCN1C(=O)C1C2CNCC21. The zero-order valence-electron chi connectivity index (χ0n) is 9.62. The standard InChI is InChI=1S/C12H20N2O/c1-12(2)4-3-5-14(12)11(15)10-8-6-13-7-9(8)10/h8-10,13H,3-7H2,1-2H3. The predicted molar refractivity (Wildman–Crippen MR) is 58.4 cm³/mol. The van der Waals surface area contributed by atoms with E-state index in [1.54, 1.807) is 0 Å². The summed E-state index contributed by atoms with van der Waals surface area (Å²) in [5, 5.41) is 3.35. The summed E-state index contributed by atoms with van der Waals surface area (Å²) in [6, 6.07) is 0. The van der Waals surface area contributed by atoms with Crippen LogP contribution in [0, 0.1) is 17.8 Å². The molecule has 15 heavy (non-hydrogen) atoms. The fourth-order valence-corrected chi connectivity index (χ4v) is 3.48. The zero-order chi connectivity index (χ0) is 10.6. The van der Waals surface area contributed by atoms with Crippen LogP contribution in [0.2, 0.25) is 0 Å². The number of amides is 1. The number of nitrogens with zero attached hydrogens (tertiary/aromatic N) is 1. The molecule has 0 aromatic heterocycles. The highest BCUT2D eigenvalue weighted by atomic mass is 16.2. The molecule has 1 amide bonds. The summed E-state index contributed by atoms with van der Waals surface area (Å²) in [5.74, 6) is 2.13. The van der Waals surface area contributed by atoms with Gasteiger partial charge >= 0.3 is 0 Å². The molecule has 0 radical (unpaired) electrons. The molecule has 3 fully saturated rings. The highest BCUT2D eigenvalue weighted by Crippen LogP contribution is 2.50. The third kappa shape index (κ3) is 1.32. The average molecular weight is 208 g/mol. The molecule has 2 unspecified atom stereocenters. The molecule has 2 heterocycles. The Kier molecular flexibility index (Phi) is 1.91. The second-order valence-electron chi connectivity index (χ2n) is 5.92. The Morgan fingerprint density at radius 1 is 1.33 bits per heavy atom. The minimum absolute atomic E-state index is 0.112. The van der Waals surface area contributed by atoms with Gasteiger partial charge in [-0.05, 0) is 51.6 Å². The summed E-state index contributed by atoms with van der Waals surface area (Å²) in [7, 11) is 0. The Bertz CT molecular complexity index is 290. The Balaban J connectivity index is 1.71. The van der Waals surface area contributed by atoms with Gasteiger partial charge in [-0.15, -0.1) is 0 Å². The number of likely N-dealkylation sites (tertiary alicyclic amines) is 1. The van der Waals surface area contributed by atoms with E-state index in [4.69, 9.17) is 0 Å². The molecule has 1 N–H and O–H groups in total. The first-order valence-corrected chi connectivity index (χ1v) is 6.13. The van der Waals surface area contributed by atoms with Crippen LogP contribution in [0.5, 0.6) is 0 Å². The number of hydrogen-bond acceptors (Lipinski definition) is 2. The average Bonchev–Trinajstić information content (AvgIpc) is 2.58. The lowest BCUT2D eigenvalue weighted by Gasteiger charge is -2.32. The van der Waals surface area contributed by atoms with Gasteiger partial charge in [0.15, 0.2) is 0 Å². The van der Waals surface area contributed by atoms with Crippen LogP contribution in [0.4, 0.5) is 0 Å². The third-order valence-corrected chi connectivity index (χ3v) is 4.54. The van der Waals surface area contributed by atoms with Gasteiger partial charge in [-0.3, -0.25) is 4.79 Å². The molecule has 0 aromatic carbocycles. The van der Waals surface area contributed by atoms with Crippen LogP contribution in [-0.4, -0.2) is 36.0 Å². The number of carbonyl (C=O) groups excluding carboxylic acids is 1. The van der Waals surface area contributed by atoms with Crippen molar-refractivity contribution in [3.8, 4) is 0 Å². The van der Waals surface area contributed by atoms with Crippen LogP contribution in [0.1, 0.15) is 26.7 Å². The lowest BCUT2D eigenvalue weighted by atomic mass is 10.0. The monoisotopic (exact) mass is 208 g/mol. The van der Waals surface area contributed by atoms with Gasteiger partial charge < -0.3 is 10.2 Å². The maximum absolute atomic E-state index is 12.3. The number of rotatable bonds is 1. The maximum atomic E-state index is 12.3. The smallest absolute Gasteiger partial charge is 0.226 e. The van der Waals surface area contributed by atoms with Gasteiger partial charge in [0, 0.05) is 18.0 Å². The van der Waals surface area contributed by atoms with Crippen molar-refractivity contribution >= 4 is 5.91 Å². The third-order valence-electron chi connectivity index (χ3n) is 4.54. The van der Waals surface area contributed by atoms with Crippen LogP contribution in [0.15, 0.2) is 0 Å². The van der Waals surface area contributed by atoms with Gasteiger partial charge in [-0.25, -0.2) is 0 Å². The fourth-order valence-electron chi connectivity index (χ4n) is 3.48. The fraction of sp³-hybridized carbons (Fsp3) is 0.917. The Hall–Kier alpha value is -0.570. The lowest BCUT2D eigenvalue weighted by molar-refractivity contribution is -0.136. The van der Waals surface area contributed by atoms with Gasteiger partial charge in [0.2, 0.25) is 5.91 Å². The molecule has 2 saturated heterocycles. The minimum Gasteiger partial charge on any atom is -0.337 e. The van der Waals surface area contributed by atoms with Crippen molar-refractivity contribution in [3.63, 3.8) is 0 Å². The molecular formula is C12H20N2O. The van der Waals surface area contributed by atoms with E-state index in [2.05, 4.69) is 24.1 Å². The number of fused-ring (bicyclic) bond motifs is 1. The second kappa shape index (κ2) is 2.97. The number of piperidine rings is 1. The van der Waals surface area contributed by atoms with Crippen molar-refractivity contribution in [1.82, 2.24) is 10.2 Å². The summed E-state index contributed by atoms with van der Waals surface area (Å²) in [6.07, 6.45) is 2.35. The van der Waals surface area contributed by atoms with Gasteiger partial charge in [-0.1, -0.05) is 0 Å². The van der Waals surface area contributed by atoms with Crippen LogP contribution < -0.4 is 5.32 Å². The second-order valence-corrected chi connectivity index (χ2v) is 5.92. The molecule has 0 spiro atoms. The van der Waals surface area contributed by atoms with Crippen molar-refractivity contribution in [2.75, 3.05) is 19.6 Å². The first kappa shape index (κ1) is 9.64. The Morgan fingerprint density at radius 3 is 2.53 bits per heavy atom. The molecule has 1 aliphatic carbocycles. The van der Waals surface area contributed by atoms with E-state index < -0.39 is 0 Å². The van der Waals surface area contributed by atoms with E-state index in [1.165, 1.54) is 12.8 Å². The number of nitrogens with one attached hydrogen (secondary N) is 1. The van der Waals surface area contributed by atoms with Gasteiger partial charge in [0.25, 0.3) is 0 Å². The first-order chi connectivity index (χ1) is 7.11. The van der Waals surface area contributed by atoms with Crippen molar-refractivity contribution in [2.45, 2.75) is 32.2 Å². The molecule has 2 atom stereocenters. The van der Waals surface area contributed by atoms with E-state index in [-0.39, 0.29) is 5.54 Å². The van der Waals surface area contributed by atoms with Gasteiger partial charge in [0.05, 0.1) is 0 Å². The summed E-state index contributed by atoms with van der Waals surface area (Å²) in [5.41, 5.74) is 0.112. The lowest BCUT2D eigenvalue weighted by Crippen LogP contribution is -2.44. The molecule has 1 saturated carbocycles. The maximum Gasteiger partial charge on any atom is 0.226 e. The minimum atomic E-state index is 0.112. The molecule has 0 aromatic rings. The van der Waals surface area contributed by atoms with Crippen molar-refractivity contribution in [3.05, 3.63) is 0 Å². The summed E-state index contributed by atoms with van der Waals surface area (Å²) in [6.45, 7) is 7.52. The molecule has 3 rings (SSSR count). The van der Waals surface area contributed by atoms with Crippen LogP contribution in [-0.2, 0) is 4.79 Å². The zero-order valence-corrected chi connectivity index (χ0v) is 9.62. The topological polar surface area (TPSA) is 32.3 Å². The number of hydrogen-bond donors (Lipinski definition) is 1. The van der Waals surface area contributed by atoms with Crippen molar-refractivity contribution < 1.29 is 4.79 Å². The molecule has 2 aliphatic heterocycles. The predicted octanol–water partition coefficient (Wildman–Crippen LogP) is 0.853. The summed E-state index contributed by atoms with van der Waals surface area (Å²) in [4.78, 5) is 14.5.